The lowest BCUT2D eigenvalue weighted by Gasteiger charge is -2.35. The third kappa shape index (κ3) is 4.24. The zero-order valence-corrected chi connectivity index (χ0v) is 16.5. The number of benzene rings is 2. The first-order valence-electron chi connectivity index (χ1n) is 10.1. The standard InChI is InChI=1S/C22H26N4O3/c1-25(19-12-17-8-9-18(13-19)24-17)22(27)16-7-10-20(21(11-16)26(28)29)23-14-15-5-3-2-4-6-15/h2-7,10-11,17-19,23-24H,8-9,12-14H2,1H3. The molecule has 2 aromatic rings. The third-order valence-corrected chi connectivity index (χ3v) is 6.08. The van der Waals surface area contributed by atoms with Crippen molar-refractivity contribution in [3.05, 3.63) is 69.8 Å². The monoisotopic (exact) mass is 394 g/mol. The van der Waals surface area contributed by atoms with Crippen molar-refractivity contribution in [2.45, 2.75) is 50.4 Å². The maximum Gasteiger partial charge on any atom is 0.293 e. The van der Waals surface area contributed by atoms with E-state index in [1.165, 1.54) is 6.07 Å². The summed E-state index contributed by atoms with van der Waals surface area (Å²) in [5, 5.41) is 18.3. The van der Waals surface area contributed by atoms with Crippen LogP contribution in [0.1, 0.15) is 41.6 Å². The number of anilines is 1. The number of nitro benzene ring substituents is 1. The first-order valence-corrected chi connectivity index (χ1v) is 10.1. The molecule has 2 bridgehead atoms. The Morgan fingerprint density at radius 1 is 1.17 bits per heavy atom. The Bertz CT molecular complexity index is 890. The van der Waals surface area contributed by atoms with Crippen molar-refractivity contribution >= 4 is 17.3 Å². The number of amides is 1. The van der Waals surface area contributed by atoms with Gasteiger partial charge in [-0.2, -0.15) is 0 Å². The van der Waals surface area contributed by atoms with Gasteiger partial charge in [0, 0.05) is 43.3 Å². The minimum atomic E-state index is -0.436. The van der Waals surface area contributed by atoms with E-state index in [1.54, 1.807) is 17.0 Å². The molecule has 7 heteroatoms. The fourth-order valence-electron chi connectivity index (χ4n) is 4.47. The Labute approximate surface area is 170 Å². The number of carbonyl (C=O) groups is 1. The number of piperidine rings is 1. The van der Waals surface area contributed by atoms with Crippen molar-refractivity contribution in [2.75, 3.05) is 12.4 Å². The number of nitro groups is 1. The quantitative estimate of drug-likeness (QED) is 0.578. The number of hydrogen-bond acceptors (Lipinski definition) is 5. The number of nitrogens with one attached hydrogen (secondary N) is 2. The normalized spacial score (nSPS) is 22.9. The van der Waals surface area contributed by atoms with Crippen LogP contribution in [0, 0.1) is 10.1 Å². The summed E-state index contributed by atoms with van der Waals surface area (Å²) in [5.74, 6) is -0.158. The number of nitrogens with zero attached hydrogens (tertiary/aromatic N) is 2. The predicted octanol–water partition coefficient (Wildman–Crippen LogP) is 3.56. The largest absolute Gasteiger partial charge is 0.375 e. The van der Waals surface area contributed by atoms with Gasteiger partial charge in [0.25, 0.3) is 11.6 Å². The smallest absolute Gasteiger partial charge is 0.293 e. The van der Waals surface area contributed by atoms with Crippen molar-refractivity contribution in [3.8, 4) is 0 Å². The molecule has 0 spiro atoms. The SMILES string of the molecule is CN(C(=O)c1ccc(NCc2ccccc2)c([N+](=O)[O-])c1)C1CC2CCC(C1)N2. The van der Waals surface area contributed by atoms with E-state index in [4.69, 9.17) is 0 Å². The third-order valence-electron chi connectivity index (χ3n) is 6.08. The summed E-state index contributed by atoms with van der Waals surface area (Å²) in [6.45, 7) is 0.479. The summed E-state index contributed by atoms with van der Waals surface area (Å²) >= 11 is 0. The fraction of sp³-hybridized carbons (Fsp3) is 0.409. The molecule has 2 aliphatic rings. The molecule has 152 valence electrons. The van der Waals surface area contributed by atoms with E-state index < -0.39 is 4.92 Å². The minimum absolute atomic E-state index is 0.0782. The van der Waals surface area contributed by atoms with Crippen molar-refractivity contribution in [1.29, 1.82) is 0 Å². The van der Waals surface area contributed by atoms with Crippen molar-refractivity contribution < 1.29 is 9.72 Å². The summed E-state index contributed by atoms with van der Waals surface area (Å²) in [7, 11) is 1.81. The molecular formula is C22H26N4O3. The topological polar surface area (TPSA) is 87.5 Å². The van der Waals surface area contributed by atoms with Crippen LogP contribution in [0.3, 0.4) is 0 Å². The van der Waals surface area contributed by atoms with Crippen LogP contribution < -0.4 is 10.6 Å². The van der Waals surface area contributed by atoms with Crippen LogP contribution in [0.5, 0.6) is 0 Å². The average molecular weight is 394 g/mol. The highest BCUT2D eigenvalue weighted by Gasteiger charge is 2.36. The number of carbonyl (C=O) groups excluding carboxylic acids is 1. The van der Waals surface area contributed by atoms with Gasteiger partial charge in [-0.1, -0.05) is 30.3 Å². The van der Waals surface area contributed by atoms with Gasteiger partial charge in [-0.15, -0.1) is 0 Å². The van der Waals surface area contributed by atoms with Crippen molar-refractivity contribution in [3.63, 3.8) is 0 Å². The molecule has 0 saturated carbocycles. The second-order valence-electron chi connectivity index (χ2n) is 8.01. The molecule has 2 atom stereocenters. The lowest BCUT2D eigenvalue weighted by atomic mass is 9.98. The zero-order valence-electron chi connectivity index (χ0n) is 16.5. The molecule has 2 aromatic carbocycles. The van der Waals surface area contributed by atoms with Crippen molar-refractivity contribution in [1.82, 2.24) is 10.2 Å². The first kappa shape index (κ1) is 19.4. The van der Waals surface area contributed by atoms with E-state index in [2.05, 4.69) is 10.6 Å². The average Bonchev–Trinajstić information content (AvgIpc) is 3.09. The maximum absolute atomic E-state index is 13.0. The van der Waals surface area contributed by atoms with E-state index in [-0.39, 0.29) is 17.6 Å². The molecule has 4 rings (SSSR count). The second-order valence-corrected chi connectivity index (χ2v) is 8.01. The minimum Gasteiger partial charge on any atom is -0.375 e. The van der Waals surface area contributed by atoms with E-state index in [1.807, 2.05) is 37.4 Å². The lowest BCUT2D eigenvalue weighted by molar-refractivity contribution is -0.384. The highest BCUT2D eigenvalue weighted by atomic mass is 16.6. The molecule has 2 aliphatic heterocycles. The van der Waals surface area contributed by atoms with Crippen LogP contribution in [-0.4, -0.2) is 40.9 Å². The zero-order chi connectivity index (χ0) is 20.4. The number of rotatable bonds is 6. The molecule has 29 heavy (non-hydrogen) atoms. The fourth-order valence-corrected chi connectivity index (χ4v) is 4.47. The molecule has 7 nitrogen and oxygen atoms in total. The van der Waals surface area contributed by atoms with Gasteiger partial charge in [0.15, 0.2) is 0 Å². The van der Waals surface area contributed by atoms with Crippen LogP contribution in [0.25, 0.3) is 0 Å². The Hall–Kier alpha value is -2.93. The molecule has 2 N–H and O–H groups in total. The van der Waals surface area contributed by atoms with Crippen LogP contribution in [-0.2, 0) is 6.54 Å². The van der Waals surface area contributed by atoms with Crippen LogP contribution in [0.4, 0.5) is 11.4 Å². The highest BCUT2D eigenvalue weighted by Crippen LogP contribution is 2.31. The van der Waals surface area contributed by atoms with E-state index in [0.29, 0.717) is 29.9 Å². The van der Waals surface area contributed by atoms with Gasteiger partial charge in [0.1, 0.15) is 5.69 Å². The second kappa shape index (κ2) is 8.21. The number of hydrogen-bond donors (Lipinski definition) is 2. The molecule has 2 saturated heterocycles. The Balaban J connectivity index is 1.49. The van der Waals surface area contributed by atoms with Gasteiger partial charge < -0.3 is 15.5 Å². The first-order chi connectivity index (χ1) is 14.0. The van der Waals surface area contributed by atoms with Crippen LogP contribution >= 0.6 is 0 Å². The predicted molar refractivity (Wildman–Crippen MR) is 112 cm³/mol. The molecule has 1 amide bonds. The number of fused-ring (bicyclic) bond motifs is 2. The molecular weight excluding hydrogens is 368 g/mol. The van der Waals surface area contributed by atoms with Gasteiger partial charge in [0.05, 0.1) is 4.92 Å². The summed E-state index contributed by atoms with van der Waals surface area (Å²) in [6, 6.07) is 15.5. The molecule has 2 unspecified atom stereocenters. The maximum atomic E-state index is 13.0. The summed E-state index contributed by atoms with van der Waals surface area (Å²) in [5.41, 5.74) is 1.72. The molecule has 2 heterocycles. The van der Waals surface area contributed by atoms with E-state index in [9.17, 15) is 14.9 Å². The van der Waals surface area contributed by atoms with Gasteiger partial charge in [-0.3, -0.25) is 14.9 Å². The molecule has 0 aliphatic carbocycles. The Morgan fingerprint density at radius 2 is 1.86 bits per heavy atom. The lowest BCUT2D eigenvalue weighted by Crippen LogP contribution is -2.48. The van der Waals surface area contributed by atoms with E-state index >= 15 is 0 Å². The van der Waals surface area contributed by atoms with Gasteiger partial charge in [0.2, 0.25) is 0 Å². The Kier molecular flexibility index (Phi) is 5.49. The Morgan fingerprint density at radius 3 is 2.52 bits per heavy atom. The molecule has 0 radical (unpaired) electrons. The summed E-state index contributed by atoms with van der Waals surface area (Å²) in [4.78, 5) is 25.9. The van der Waals surface area contributed by atoms with Crippen molar-refractivity contribution in [2.24, 2.45) is 0 Å². The van der Waals surface area contributed by atoms with Gasteiger partial charge in [-0.05, 0) is 43.4 Å². The molecule has 0 aromatic heterocycles. The highest BCUT2D eigenvalue weighted by molar-refractivity contribution is 5.95. The van der Waals surface area contributed by atoms with Crippen LogP contribution in [0.2, 0.25) is 0 Å². The molecule has 2 fully saturated rings. The van der Waals surface area contributed by atoms with Crippen LogP contribution in [0.15, 0.2) is 48.5 Å². The summed E-state index contributed by atoms with van der Waals surface area (Å²) in [6.07, 6.45) is 4.21. The summed E-state index contributed by atoms with van der Waals surface area (Å²) < 4.78 is 0. The van der Waals surface area contributed by atoms with E-state index in [0.717, 1.165) is 31.2 Å². The van der Waals surface area contributed by atoms with Gasteiger partial charge >= 0.3 is 0 Å². The van der Waals surface area contributed by atoms with Gasteiger partial charge in [-0.25, -0.2) is 0 Å².